The number of anilines is 1. The zero-order valence-electron chi connectivity index (χ0n) is 24.3. The SMILES string of the molecule is CCCCOC[C@@H]1CN(Cc2cccc(C(F)(F)F)c2)c2c(C(=O)N[C@@H](C)c3ccc(C(=O)OC)cc3)c(C(F)(F)F)nn21. The quantitative estimate of drug-likeness (QED) is 0.147. The lowest BCUT2D eigenvalue weighted by molar-refractivity contribution is -0.142. The molecule has 1 amide bonds. The molecule has 2 atom stereocenters. The van der Waals surface area contributed by atoms with Crippen LogP contribution >= 0.6 is 0 Å². The largest absolute Gasteiger partial charge is 0.465 e. The molecular formula is C30H32F6N4O4. The summed E-state index contributed by atoms with van der Waals surface area (Å²) in [5.74, 6) is -1.80. The Hall–Kier alpha value is -4.07. The molecule has 2 heterocycles. The average molecular weight is 627 g/mol. The molecule has 0 saturated carbocycles. The first-order valence-corrected chi connectivity index (χ1v) is 13.9. The number of carbonyl (C=O) groups excluding carboxylic acids is 2. The van der Waals surface area contributed by atoms with Gasteiger partial charge in [-0.05, 0) is 48.7 Å². The standard InChI is InChI=1S/C30H32F6N4O4/c1-4-5-13-44-17-23-16-39(15-19-7-6-8-22(14-19)29(31,32)33)27-24(25(30(34,35)36)38-40(23)27)26(41)37-18(2)20-9-11-21(12-10-20)28(42)43-3/h6-12,14,18,23H,4-5,13,15-17H2,1-3H3,(H,37,41)/t18-,23-/m0/s1. The molecule has 1 aromatic heterocycles. The fourth-order valence-electron chi connectivity index (χ4n) is 4.98. The molecule has 4 rings (SSSR count). The van der Waals surface area contributed by atoms with E-state index in [1.54, 1.807) is 6.92 Å². The summed E-state index contributed by atoms with van der Waals surface area (Å²) in [5, 5.41) is 6.39. The zero-order valence-corrected chi connectivity index (χ0v) is 24.3. The summed E-state index contributed by atoms with van der Waals surface area (Å²) in [6.45, 7) is 3.73. The van der Waals surface area contributed by atoms with Crippen LogP contribution in [0.25, 0.3) is 0 Å². The average Bonchev–Trinajstić information content (AvgIpc) is 3.53. The zero-order chi connectivity index (χ0) is 32.2. The van der Waals surface area contributed by atoms with Crippen molar-refractivity contribution in [3.05, 3.63) is 82.0 Å². The smallest absolute Gasteiger partial charge is 0.436 e. The van der Waals surface area contributed by atoms with Gasteiger partial charge in [0.05, 0.1) is 36.9 Å². The molecule has 0 spiro atoms. The van der Waals surface area contributed by atoms with Crippen molar-refractivity contribution in [3.63, 3.8) is 0 Å². The van der Waals surface area contributed by atoms with E-state index in [1.807, 2.05) is 6.92 Å². The minimum atomic E-state index is -5.01. The minimum absolute atomic E-state index is 0.00489. The third-order valence-corrected chi connectivity index (χ3v) is 7.22. The fraction of sp³-hybridized carbons (Fsp3) is 0.433. The van der Waals surface area contributed by atoms with Crippen LogP contribution in [0.2, 0.25) is 0 Å². The van der Waals surface area contributed by atoms with E-state index < -0.39 is 53.1 Å². The number of esters is 1. The predicted octanol–water partition coefficient (Wildman–Crippen LogP) is 6.58. The molecule has 2 aromatic carbocycles. The van der Waals surface area contributed by atoms with E-state index in [1.165, 1.54) is 48.4 Å². The molecule has 8 nitrogen and oxygen atoms in total. The number of unbranched alkanes of at least 4 members (excludes halogenated alkanes) is 1. The Morgan fingerprint density at radius 3 is 2.39 bits per heavy atom. The molecule has 1 N–H and O–H groups in total. The first-order valence-electron chi connectivity index (χ1n) is 13.9. The molecule has 3 aromatic rings. The van der Waals surface area contributed by atoms with Crippen LogP contribution in [-0.2, 0) is 28.4 Å². The predicted molar refractivity (Wildman–Crippen MR) is 148 cm³/mol. The molecule has 0 unspecified atom stereocenters. The first-order chi connectivity index (χ1) is 20.7. The second-order valence-corrected chi connectivity index (χ2v) is 10.5. The summed E-state index contributed by atoms with van der Waals surface area (Å²) in [5.41, 5.74) is -2.10. The van der Waals surface area contributed by atoms with Gasteiger partial charge >= 0.3 is 18.3 Å². The number of nitrogens with zero attached hydrogens (tertiary/aromatic N) is 3. The number of methoxy groups -OCH3 is 1. The number of carbonyl (C=O) groups is 2. The van der Waals surface area contributed by atoms with Gasteiger partial charge in [0, 0.05) is 19.7 Å². The maximum absolute atomic E-state index is 14.3. The Labute approximate surface area is 249 Å². The van der Waals surface area contributed by atoms with Crippen molar-refractivity contribution in [2.45, 2.75) is 57.7 Å². The Kier molecular flexibility index (Phi) is 9.91. The van der Waals surface area contributed by atoms with Crippen LogP contribution in [0.4, 0.5) is 32.2 Å². The minimum Gasteiger partial charge on any atom is -0.465 e. The lowest BCUT2D eigenvalue weighted by Crippen LogP contribution is -2.31. The van der Waals surface area contributed by atoms with Gasteiger partial charge in [0.1, 0.15) is 11.4 Å². The number of hydrogen-bond acceptors (Lipinski definition) is 6. The van der Waals surface area contributed by atoms with Crippen molar-refractivity contribution in [1.29, 1.82) is 0 Å². The van der Waals surface area contributed by atoms with Crippen molar-refractivity contribution < 1.29 is 45.4 Å². The summed E-state index contributed by atoms with van der Waals surface area (Å²) < 4.78 is 94.5. The maximum atomic E-state index is 14.3. The van der Waals surface area contributed by atoms with Gasteiger partial charge in [0.25, 0.3) is 5.91 Å². The van der Waals surface area contributed by atoms with Gasteiger partial charge in [-0.25, -0.2) is 9.48 Å². The van der Waals surface area contributed by atoms with Crippen LogP contribution in [-0.4, -0.2) is 48.5 Å². The van der Waals surface area contributed by atoms with Crippen LogP contribution in [0, 0.1) is 0 Å². The highest BCUT2D eigenvalue weighted by molar-refractivity contribution is 6.01. The molecule has 0 aliphatic carbocycles. The van der Waals surface area contributed by atoms with E-state index in [0.717, 1.165) is 29.7 Å². The number of nitrogens with one attached hydrogen (secondary N) is 1. The molecular weight excluding hydrogens is 594 g/mol. The molecule has 1 aliphatic heterocycles. The molecule has 0 radical (unpaired) electrons. The van der Waals surface area contributed by atoms with Crippen molar-refractivity contribution >= 4 is 17.7 Å². The summed E-state index contributed by atoms with van der Waals surface area (Å²) in [4.78, 5) is 26.8. The third-order valence-electron chi connectivity index (χ3n) is 7.22. The van der Waals surface area contributed by atoms with Crippen LogP contribution in [0.3, 0.4) is 0 Å². The van der Waals surface area contributed by atoms with Gasteiger partial charge in [-0.15, -0.1) is 0 Å². The highest BCUT2D eigenvalue weighted by atomic mass is 19.4. The van der Waals surface area contributed by atoms with Crippen LogP contribution in [0.1, 0.15) is 81.9 Å². The number of alkyl halides is 6. The van der Waals surface area contributed by atoms with E-state index in [2.05, 4.69) is 15.2 Å². The number of amides is 1. The van der Waals surface area contributed by atoms with Crippen molar-refractivity contribution in [2.24, 2.45) is 0 Å². The maximum Gasteiger partial charge on any atom is 0.436 e. The van der Waals surface area contributed by atoms with Crippen molar-refractivity contribution in [1.82, 2.24) is 15.1 Å². The van der Waals surface area contributed by atoms with Crippen LogP contribution < -0.4 is 10.2 Å². The van der Waals surface area contributed by atoms with E-state index in [-0.39, 0.29) is 36.6 Å². The summed E-state index contributed by atoms with van der Waals surface area (Å²) >= 11 is 0. The Morgan fingerprint density at radius 1 is 1.07 bits per heavy atom. The Balaban J connectivity index is 1.71. The Bertz CT molecular complexity index is 1470. The lowest BCUT2D eigenvalue weighted by Gasteiger charge is -2.22. The normalized spacial score (nSPS) is 15.7. The second kappa shape index (κ2) is 13.3. The van der Waals surface area contributed by atoms with Gasteiger partial charge in [0.2, 0.25) is 0 Å². The van der Waals surface area contributed by atoms with Gasteiger partial charge in [0.15, 0.2) is 5.69 Å². The van der Waals surface area contributed by atoms with Gasteiger partial charge in [-0.2, -0.15) is 31.4 Å². The number of aromatic nitrogens is 2. The van der Waals surface area contributed by atoms with Gasteiger partial charge in [-0.3, -0.25) is 4.79 Å². The monoisotopic (exact) mass is 626 g/mol. The molecule has 0 bridgehead atoms. The van der Waals surface area contributed by atoms with Crippen molar-refractivity contribution in [2.75, 3.05) is 31.8 Å². The summed E-state index contributed by atoms with van der Waals surface area (Å²) in [6.07, 6.45) is -8.05. The number of hydrogen-bond donors (Lipinski definition) is 1. The second-order valence-electron chi connectivity index (χ2n) is 10.5. The number of halogens is 6. The highest BCUT2D eigenvalue weighted by Gasteiger charge is 2.46. The number of benzene rings is 2. The van der Waals surface area contributed by atoms with E-state index in [4.69, 9.17) is 4.74 Å². The summed E-state index contributed by atoms with van der Waals surface area (Å²) in [7, 11) is 1.22. The van der Waals surface area contributed by atoms with Crippen molar-refractivity contribution in [3.8, 4) is 0 Å². The lowest BCUT2D eigenvalue weighted by atomic mass is 10.1. The highest BCUT2D eigenvalue weighted by Crippen LogP contribution is 2.42. The Morgan fingerprint density at radius 2 is 1.77 bits per heavy atom. The van der Waals surface area contributed by atoms with E-state index in [0.29, 0.717) is 12.2 Å². The van der Waals surface area contributed by atoms with Gasteiger partial charge in [-0.1, -0.05) is 37.6 Å². The first kappa shape index (κ1) is 32.8. The van der Waals surface area contributed by atoms with Crippen LogP contribution in [0.5, 0.6) is 0 Å². The van der Waals surface area contributed by atoms with Crippen LogP contribution in [0.15, 0.2) is 48.5 Å². The molecule has 238 valence electrons. The molecule has 0 saturated heterocycles. The third kappa shape index (κ3) is 7.34. The molecule has 44 heavy (non-hydrogen) atoms. The number of ether oxygens (including phenoxy) is 2. The fourth-order valence-corrected chi connectivity index (χ4v) is 4.98. The van der Waals surface area contributed by atoms with Gasteiger partial charge < -0.3 is 19.7 Å². The molecule has 1 aliphatic rings. The van der Waals surface area contributed by atoms with E-state index >= 15 is 0 Å². The topological polar surface area (TPSA) is 85.7 Å². The molecule has 0 fully saturated rings. The van der Waals surface area contributed by atoms with E-state index in [9.17, 15) is 35.9 Å². The molecule has 14 heteroatoms. The number of rotatable bonds is 11. The summed E-state index contributed by atoms with van der Waals surface area (Å²) in [6, 6.07) is 8.98. The number of fused-ring (bicyclic) bond motifs is 1.